The molecule has 24 heavy (non-hydrogen) atoms. The minimum absolute atomic E-state index is 0.0669. The summed E-state index contributed by atoms with van der Waals surface area (Å²) in [5.41, 5.74) is 1.49. The van der Waals surface area contributed by atoms with E-state index in [2.05, 4.69) is 29.0 Å². The third-order valence-corrected chi connectivity index (χ3v) is 5.56. The molecule has 0 radical (unpaired) electrons. The third kappa shape index (κ3) is 3.60. The lowest BCUT2D eigenvalue weighted by Gasteiger charge is -2.36. The van der Waals surface area contributed by atoms with Crippen LogP contribution in [0.1, 0.15) is 49.9 Å². The quantitative estimate of drug-likeness (QED) is 0.851. The van der Waals surface area contributed by atoms with Gasteiger partial charge >= 0.3 is 0 Å². The molecule has 2 aromatic rings. The molecule has 4 nitrogen and oxygen atoms in total. The molecule has 1 fully saturated rings. The van der Waals surface area contributed by atoms with Crippen LogP contribution < -0.4 is 5.32 Å². The number of benzene rings is 1. The molecule has 0 unspecified atom stereocenters. The van der Waals surface area contributed by atoms with Gasteiger partial charge in [-0.25, -0.2) is 0 Å². The van der Waals surface area contributed by atoms with Gasteiger partial charge in [0.2, 0.25) is 0 Å². The summed E-state index contributed by atoms with van der Waals surface area (Å²) < 4.78 is 0. The number of hydrogen-bond acceptors (Lipinski definition) is 2. The summed E-state index contributed by atoms with van der Waals surface area (Å²) in [6, 6.07) is 6.55. The summed E-state index contributed by atoms with van der Waals surface area (Å²) in [7, 11) is 0. The second-order valence-electron chi connectivity index (χ2n) is 6.60. The Hall–Kier alpha value is -1.52. The van der Waals surface area contributed by atoms with E-state index in [1.165, 1.54) is 0 Å². The maximum absolute atomic E-state index is 12.6. The molecular weight excluding hydrogens is 322 g/mol. The van der Waals surface area contributed by atoms with Gasteiger partial charge in [-0.2, -0.15) is 0 Å². The maximum Gasteiger partial charge on any atom is 0.253 e. The number of aromatic nitrogens is 1. The second-order valence-corrected chi connectivity index (χ2v) is 7.00. The lowest BCUT2D eigenvalue weighted by molar-refractivity contribution is 0.0907. The highest BCUT2D eigenvalue weighted by molar-refractivity contribution is 6.34. The van der Waals surface area contributed by atoms with Crippen LogP contribution in [-0.4, -0.2) is 41.0 Å². The standard InChI is InChI=1S/C19H26ClN3O/c1-3-23(4-2)15-7-5-14(6-8-15)22-19(24)16-12-18-13(9-10-21-18)11-17(16)20/h9-12,14-15,21H,3-8H2,1-2H3,(H,22,24). The van der Waals surface area contributed by atoms with Crippen LogP contribution >= 0.6 is 11.6 Å². The molecule has 1 amide bonds. The first-order valence-corrected chi connectivity index (χ1v) is 9.31. The molecule has 0 atom stereocenters. The van der Waals surface area contributed by atoms with E-state index in [4.69, 9.17) is 11.6 Å². The van der Waals surface area contributed by atoms with Crippen LogP contribution in [0.4, 0.5) is 0 Å². The molecular formula is C19H26ClN3O. The number of nitrogens with zero attached hydrogens (tertiary/aromatic N) is 1. The highest BCUT2D eigenvalue weighted by Gasteiger charge is 2.26. The van der Waals surface area contributed by atoms with Gasteiger partial charge in [0.05, 0.1) is 10.6 Å². The minimum atomic E-state index is -0.0669. The Kier molecular flexibility index (Phi) is 5.47. The number of amides is 1. The Balaban J connectivity index is 1.62. The number of fused-ring (bicyclic) bond motifs is 1. The summed E-state index contributed by atoms with van der Waals surface area (Å²) >= 11 is 6.29. The fourth-order valence-electron chi connectivity index (χ4n) is 3.84. The molecule has 1 aromatic heterocycles. The summed E-state index contributed by atoms with van der Waals surface area (Å²) in [6.45, 7) is 6.64. The van der Waals surface area contributed by atoms with Crippen molar-refractivity contribution in [2.45, 2.75) is 51.6 Å². The van der Waals surface area contributed by atoms with Crippen molar-refractivity contribution in [2.75, 3.05) is 13.1 Å². The summed E-state index contributed by atoms with van der Waals surface area (Å²) in [4.78, 5) is 18.3. The van der Waals surface area contributed by atoms with E-state index in [1.54, 1.807) is 0 Å². The fourth-order valence-corrected chi connectivity index (χ4v) is 4.09. The van der Waals surface area contributed by atoms with Crippen molar-refractivity contribution in [3.05, 3.63) is 35.0 Å². The van der Waals surface area contributed by atoms with Gasteiger partial charge in [0, 0.05) is 29.2 Å². The predicted octanol–water partition coefficient (Wildman–Crippen LogP) is 4.20. The zero-order chi connectivity index (χ0) is 17.1. The summed E-state index contributed by atoms with van der Waals surface area (Å²) in [5, 5.41) is 4.71. The first-order chi connectivity index (χ1) is 11.6. The SMILES string of the molecule is CCN(CC)C1CCC(NC(=O)c2cc3[nH]ccc3cc2Cl)CC1. The summed E-state index contributed by atoms with van der Waals surface area (Å²) in [6.07, 6.45) is 6.23. The minimum Gasteiger partial charge on any atom is -0.361 e. The molecule has 1 heterocycles. The number of hydrogen-bond donors (Lipinski definition) is 2. The van der Waals surface area contributed by atoms with Gasteiger partial charge in [0.15, 0.2) is 0 Å². The van der Waals surface area contributed by atoms with Crippen molar-refractivity contribution in [3.63, 3.8) is 0 Å². The number of carbonyl (C=O) groups excluding carboxylic acids is 1. The molecule has 0 saturated heterocycles. The average molecular weight is 348 g/mol. The Morgan fingerprint density at radius 1 is 1.25 bits per heavy atom. The second kappa shape index (κ2) is 7.58. The normalized spacial score (nSPS) is 21.3. The molecule has 1 saturated carbocycles. The van der Waals surface area contributed by atoms with Gasteiger partial charge in [0.1, 0.15) is 0 Å². The van der Waals surface area contributed by atoms with Gasteiger partial charge in [-0.15, -0.1) is 0 Å². The Bertz CT molecular complexity index is 700. The molecule has 1 aliphatic carbocycles. The van der Waals surface area contributed by atoms with Crippen LogP contribution in [0.15, 0.2) is 24.4 Å². The number of aromatic amines is 1. The smallest absolute Gasteiger partial charge is 0.253 e. The molecule has 0 spiro atoms. The van der Waals surface area contributed by atoms with Crippen LogP contribution in [0.3, 0.4) is 0 Å². The number of nitrogens with one attached hydrogen (secondary N) is 2. The van der Waals surface area contributed by atoms with Crippen LogP contribution in [-0.2, 0) is 0 Å². The van der Waals surface area contributed by atoms with E-state index in [0.29, 0.717) is 16.6 Å². The van der Waals surface area contributed by atoms with E-state index in [-0.39, 0.29) is 11.9 Å². The van der Waals surface area contributed by atoms with Crippen molar-refractivity contribution in [3.8, 4) is 0 Å². The molecule has 2 N–H and O–H groups in total. The molecule has 0 bridgehead atoms. The van der Waals surface area contributed by atoms with E-state index >= 15 is 0 Å². The topological polar surface area (TPSA) is 48.1 Å². The first kappa shape index (κ1) is 17.3. The van der Waals surface area contributed by atoms with Gasteiger partial charge in [-0.1, -0.05) is 25.4 Å². The maximum atomic E-state index is 12.6. The number of carbonyl (C=O) groups is 1. The van der Waals surface area contributed by atoms with Crippen LogP contribution in [0, 0.1) is 0 Å². The van der Waals surface area contributed by atoms with Gasteiger partial charge < -0.3 is 15.2 Å². The lowest BCUT2D eigenvalue weighted by atomic mass is 9.90. The zero-order valence-electron chi connectivity index (χ0n) is 14.4. The van der Waals surface area contributed by atoms with E-state index in [9.17, 15) is 4.79 Å². The number of H-pyrrole nitrogens is 1. The largest absolute Gasteiger partial charge is 0.361 e. The van der Waals surface area contributed by atoms with Gasteiger partial charge in [-0.3, -0.25) is 4.79 Å². The number of halogens is 1. The molecule has 1 aromatic carbocycles. The van der Waals surface area contributed by atoms with Crippen molar-refractivity contribution in [1.82, 2.24) is 15.2 Å². The molecule has 3 rings (SSSR count). The Morgan fingerprint density at radius 3 is 2.62 bits per heavy atom. The fraction of sp³-hybridized carbons (Fsp3) is 0.526. The molecule has 0 aliphatic heterocycles. The van der Waals surface area contributed by atoms with Crippen LogP contribution in [0.2, 0.25) is 5.02 Å². The Labute approximate surface area is 148 Å². The zero-order valence-corrected chi connectivity index (χ0v) is 15.2. The molecule has 1 aliphatic rings. The van der Waals surface area contributed by atoms with Crippen molar-refractivity contribution in [1.29, 1.82) is 0 Å². The van der Waals surface area contributed by atoms with Crippen LogP contribution in [0.25, 0.3) is 10.9 Å². The Morgan fingerprint density at radius 2 is 1.96 bits per heavy atom. The van der Waals surface area contributed by atoms with Crippen molar-refractivity contribution in [2.24, 2.45) is 0 Å². The van der Waals surface area contributed by atoms with Crippen molar-refractivity contribution >= 4 is 28.4 Å². The summed E-state index contributed by atoms with van der Waals surface area (Å²) in [5.74, 6) is -0.0669. The van der Waals surface area contributed by atoms with Gasteiger partial charge in [-0.05, 0) is 57.0 Å². The third-order valence-electron chi connectivity index (χ3n) is 5.25. The molecule has 5 heteroatoms. The first-order valence-electron chi connectivity index (χ1n) is 8.94. The highest BCUT2D eigenvalue weighted by atomic mass is 35.5. The monoisotopic (exact) mass is 347 g/mol. The highest BCUT2D eigenvalue weighted by Crippen LogP contribution is 2.26. The molecule has 130 valence electrons. The van der Waals surface area contributed by atoms with E-state index in [0.717, 1.165) is 49.7 Å². The average Bonchev–Trinajstić information content (AvgIpc) is 3.03. The van der Waals surface area contributed by atoms with E-state index in [1.807, 2.05) is 24.4 Å². The predicted molar refractivity (Wildman–Crippen MR) is 99.7 cm³/mol. The number of rotatable bonds is 5. The van der Waals surface area contributed by atoms with E-state index < -0.39 is 0 Å². The van der Waals surface area contributed by atoms with Gasteiger partial charge in [0.25, 0.3) is 5.91 Å². The lowest BCUT2D eigenvalue weighted by Crippen LogP contribution is -2.44. The van der Waals surface area contributed by atoms with Crippen molar-refractivity contribution < 1.29 is 4.79 Å². The van der Waals surface area contributed by atoms with Crippen LogP contribution in [0.5, 0.6) is 0 Å².